The molecule has 0 atom stereocenters. The fourth-order valence-electron chi connectivity index (χ4n) is 1.67. The molecule has 0 radical (unpaired) electrons. The number of benzene rings is 1. The third-order valence-corrected chi connectivity index (χ3v) is 2.95. The molecule has 8 heteroatoms. The van der Waals surface area contributed by atoms with Gasteiger partial charge in [0.25, 0.3) is 5.69 Å². The Morgan fingerprint density at radius 3 is 2.47 bits per heavy atom. The second-order valence-corrected chi connectivity index (χ2v) is 4.30. The van der Waals surface area contributed by atoms with Crippen molar-refractivity contribution in [3.63, 3.8) is 0 Å². The number of rotatable bonds is 4. The van der Waals surface area contributed by atoms with Crippen molar-refractivity contribution >= 4 is 23.3 Å². The van der Waals surface area contributed by atoms with Gasteiger partial charge >= 0.3 is 5.97 Å². The van der Waals surface area contributed by atoms with Gasteiger partial charge in [-0.15, -0.1) is 0 Å². The Hall–Kier alpha value is -2.51. The van der Waals surface area contributed by atoms with Crippen LogP contribution in [0, 0.1) is 21.3 Å². The van der Waals surface area contributed by atoms with Crippen molar-refractivity contribution in [1.82, 2.24) is 0 Å². The van der Waals surface area contributed by atoms with Gasteiger partial charge in [0.05, 0.1) is 16.7 Å². The molecule has 1 fully saturated rings. The molecule has 0 spiro atoms. The van der Waals surface area contributed by atoms with Gasteiger partial charge in [-0.1, -0.05) is 0 Å². The molecule has 1 saturated carbocycles. The maximum Gasteiger partial charge on any atom is 0.319 e. The second kappa shape index (κ2) is 4.30. The van der Waals surface area contributed by atoms with Gasteiger partial charge in [0.1, 0.15) is 11.2 Å². The zero-order chi connectivity index (χ0) is 14.2. The fourth-order valence-corrected chi connectivity index (χ4v) is 1.67. The van der Waals surface area contributed by atoms with E-state index in [4.69, 9.17) is 5.11 Å². The summed E-state index contributed by atoms with van der Waals surface area (Å²) in [7, 11) is 0. The Kier molecular flexibility index (Phi) is 2.93. The maximum atomic E-state index is 13.1. The molecule has 0 bridgehead atoms. The summed E-state index contributed by atoms with van der Waals surface area (Å²) < 4.78 is 13.1. The fraction of sp³-hybridized carbons (Fsp3) is 0.273. The molecule has 100 valence electrons. The van der Waals surface area contributed by atoms with Crippen molar-refractivity contribution in [1.29, 1.82) is 0 Å². The Morgan fingerprint density at radius 1 is 1.37 bits per heavy atom. The highest BCUT2D eigenvalue weighted by molar-refractivity contribution is 6.10. The van der Waals surface area contributed by atoms with E-state index in [-0.39, 0.29) is 18.5 Å². The van der Waals surface area contributed by atoms with E-state index in [1.54, 1.807) is 0 Å². The lowest BCUT2D eigenvalue weighted by Crippen LogP contribution is -2.31. The summed E-state index contributed by atoms with van der Waals surface area (Å²) in [5.74, 6) is -2.93. The molecule has 1 aromatic rings. The lowest BCUT2D eigenvalue weighted by Gasteiger charge is -2.10. The van der Waals surface area contributed by atoms with Gasteiger partial charge in [-0.2, -0.15) is 0 Å². The number of aliphatic carboxylic acids is 1. The normalized spacial score (nSPS) is 15.6. The van der Waals surface area contributed by atoms with Crippen LogP contribution in [-0.4, -0.2) is 21.9 Å². The van der Waals surface area contributed by atoms with Gasteiger partial charge in [0.15, 0.2) is 0 Å². The van der Waals surface area contributed by atoms with Crippen LogP contribution >= 0.6 is 0 Å². The number of nitro groups is 1. The van der Waals surface area contributed by atoms with Crippen LogP contribution in [0.2, 0.25) is 0 Å². The second-order valence-electron chi connectivity index (χ2n) is 4.30. The van der Waals surface area contributed by atoms with Gasteiger partial charge in [-0.25, -0.2) is 4.39 Å². The molecule has 7 nitrogen and oxygen atoms in total. The molecular formula is C11H9FN2O5. The molecule has 0 heterocycles. The van der Waals surface area contributed by atoms with E-state index < -0.39 is 33.7 Å². The number of hydrogen-bond donors (Lipinski definition) is 2. The standard InChI is InChI=1S/C11H9FN2O5/c12-6-3-7(5-8(4-6)14(18)19)13-9(15)11(1-2-11)10(16)17/h3-5H,1-2H2,(H,13,15)(H,16,17). The monoisotopic (exact) mass is 268 g/mol. The van der Waals surface area contributed by atoms with Crippen LogP contribution in [0.1, 0.15) is 12.8 Å². The SMILES string of the molecule is O=C(O)C1(C(=O)Nc2cc(F)cc([N+](=O)[O-])c2)CC1. The minimum absolute atomic E-state index is 0.135. The van der Waals surface area contributed by atoms with E-state index in [2.05, 4.69) is 5.32 Å². The maximum absolute atomic E-state index is 13.1. The molecule has 1 aliphatic carbocycles. The van der Waals surface area contributed by atoms with Crippen molar-refractivity contribution in [3.05, 3.63) is 34.1 Å². The van der Waals surface area contributed by atoms with Crippen LogP contribution in [0.5, 0.6) is 0 Å². The molecule has 19 heavy (non-hydrogen) atoms. The molecule has 1 amide bonds. The Balaban J connectivity index is 2.22. The predicted molar refractivity (Wildman–Crippen MR) is 61.0 cm³/mol. The van der Waals surface area contributed by atoms with Crippen molar-refractivity contribution in [2.45, 2.75) is 12.8 Å². The Bertz CT molecular complexity index is 582. The van der Waals surface area contributed by atoms with Crippen LogP contribution in [0.3, 0.4) is 0 Å². The molecule has 1 aliphatic rings. The molecular weight excluding hydrogens is 259 g/mol. The average Bonchev–Trinajstić information content (AvgIpc) is 3.08. The number of carboxylic acid groups (broad SMARTS) is 1. The van der Waals surface area contributed by atoms with Gasteiger partial charge in [0, 0.05) is 6.07 Å². The quantitative estimate of drug-likeness (QED) is 0.489. The van der Waals surface area contributed by atoms with Crippen LogP contribution < -0.4 is 5.32 Å². The predicted octanol–water partition coefficient (Wildman–Crippen LogP) is 1.54. The third kappa shape index (κ3) is 2.37. The number of nitrogens with one attached hydrogen (secondary N) is 1. The van der Waals surface area contributed by atoms with Gasteiger partial charge in [-0.3, -0.25) is 19.7 Å². The number of non-ortho nitro benzene ring substituents is 1. The minimum Gasteiger partial charge on any atom is -0.480 e. The highest BCUT2D eigenvalue weighted by Gasteiger charge is 2.57. The number of carboxylic acids is 1. The minimum atomic E-state index is -1.49. The number of amides is 1. The molecule has 1 aromatic carbocycles. The molecule has 0 aromatic heterocycles. The number of hydrogen-bond acceptors (Lipinski definition) is 4. The number of nitrogens with zero attached hydrogens (tertiary/aromatic N) is 1. The summed E-state index contributed by atoms with van der Waals surface area (Å²) in [6.45, 7) is 0. The lowest BCUT2D eigenvalue weighted by molar-refractivity contribution is -0.385. The highest BCUT2D eigenvalue weighted by Crippen LogP contribution is 2.46. The van der Waals surface area contributed by atoms with E-state index in [0.717, 1.165) is 12.1 Å². The average molecular weight is 268 g/mol. The summed E-state index contributed by atoms with van der Waals surface area (Å²) >= 11 is 0. The van der Waals surface area contributed by atoms with Crippen molar-refractivity contribution in [3.8, 4) is 0 Å². The first kappa shape index (κ1) is 12.9. The van der Waals surface area contributed by atoms with Crippen molar-refractivity contribution < 1.29 is 24.0 Å². The largest absolute Gasteiger partial charge is 0.480 e. The number of carbonyl (C=O) groups is 2. The first-order chi connectivity index (χ1) is 8.85. The Morgan fingerprint density at radius 2 is 2.00 bits per heavy atom. The van der Waals surface area contributed by atoms with E-state index >= 15 is 0 Å². The topological polar surface area (TPSA) is 110 Å². The highest BCUT2D eigenvalue weighted by atomic mass is 19.1. The first-order valence-corrected chi connectivity index (χ1v) is 5.35. The molecule has 0 aliphatic heterocycles. The summed E-state index contributed by atoms with van der Waals surface area (Å²) in [5, 5.41) is 21.6. The summed E-state index contributed by atoms with van der Waals surface area (Å²) in [4.78, 5) is 32.4. The number of carbonyl (C=O) groups excluding carboxylic acids is 1. The Labute approximate surface area is 106 Å². The van der Waals surface area contributed by atoms with E-state index in [1.807, 2.05) is 0 Å². The molecule has 2 rings (SSSR count). The van der Waals surface area contributed by atoms with E-state index in [0.29, 0.717) is 6.07 Å². The van der Waals surface area contributed by atoms with Crippen LogP contribution in [0.15, 0.2) is 18.2 Å². The van der Waals surface area contributed by atoms with Crippen molar-refractivity contribution in [2.24, 2.45) is 5.41 Å². The first-order valence-electron chi connectivity index (χ1n) is 5.35. The van der Waals surface area contributed by atoms with Crippen molar-refractivity contribution in [2.75, 3.05) is 5.32 Å². The molecule has 0 unspecified atom stereocenters. The van der Waals surface area contributed by atoms with E-state index in [9.17, 15) is 24.1 Å². The summed E-state index contributed by atoms with van der Waals surface area (Å²) in [5.41, 5.74) is -2.14. The molecule has 2 N–H and O–H groups in total. The zero-order valence-corrected chi connectivity index (χ0v) is 9.55. The molecule has 0 saturated heterocycles. The smallest absolute Gasteiger partial charge is 0.319 e. The number of nitro benzene ring substituents is 1. The van der Waals surface area contributed by atoms with Crippen LogP contribution in [0.25, 0.3) is 0 Å². The summed E-state index contributed by atoms with van der Waals surface area (Å²) in [6.07, 6.45) is 0.400. The van der Waals surface area contributed by atoms with Gasteiger partial charge < -0.3 is 10.4 Å². The lowest BCUT2D eigenvalue weighted by atomic mass is 10.1. The zero-order valence-electron chi connectivity index (χ0n) is 9.55. The van der Waals surface area contributed by atoms with Gasteiger partial charge in [0.2, 0.25) is 5.91 Å². The third-order valence-electron chi connectivity index (χ3n) is 2.95. The number of halogens is 1. The van der Waals surface area contributed by atoms with E-state index in [1.165, 1.54) is 0 Å². The number of anilines is 1. The van der Waals surface area contributed by atoms with Crippen LogP contribution in [0.4, 0.5) is 15.8 Å². The van der Waals surface area contributed by atoms with Gasteiger partial charge in [-0.05, 0) is 18.9 Å². The summed E-state index contributed by atoms with van der Waals surface area (Å²) in [6, 6.07) is 2.57. The van der Waals surface area contributed by atoms with Crippen LogP contribution in [-0.2, 0) is 9.59 Å².